The third-order valence-electron chi connectivity index (χ3n) is 3.45. The molecule has 0 aliphatic heterocycles. The number of hydrogen-bond donors (Lipinski definition) is 1. The first-order chi connectivity index (χ1) is 9.40. The molecule has 7 heteroatoms. The van der Waals surface area contributed by atoms with Gasteiger partial charge in [-0.15, -0.1) is 0 Å². The highest BCUT2D eigenvalue weighted by molar-refractivity contribution is 7.15. The first-order valence-electron chi connectivity index (χ1n) is 6.91. The topological polar surface area (TPSA) is 28.2 Å². The Bertz CT molecular complexity index is 445. The number of halogens is 3. The molecule has 1 N–H and O–H groups in total. The van der Waals surface area contributed by atoms with Gasteiger partial charge in [0.05, 0.1) is 12.1 Å². The zero-order valence-corrected chi connectivity index (χ0v) is 12.6. The van der Waals surface area contributed by atoms with Gasteiger partial charge < -0.3 is 10.2 Å². The summed E-state index contributed by atoms with van der Waals surface area (Å²) in [6.45, 7) is 2.91. The van der Waals surface area contributed by atoms with Crippen LogP contribution in [0.4, 0.5) is 18.3 Å². The molecule has 1 aliphatic rings. The predicted molar refractivity (Wildman–Crippen MR) is 75.4 cm³/mol. The van der Waals surface area contributed by atoms with Gasteiger partial charge in [0.1, 0.15) is 0 Å². The molecule has 0 fully saturated rings. The number of alkyl halides is 3. The molecule has 1 aliphatic carbocycles. The van der Waals surface area contributed by atoms with E-state index in [4.69, 9.17) is 0 Å². The molecule has 1 atom stereocenters. The first-order valence-corrected chi connectivity index (χ1v) is 7.73. The van der Waals surface area contributed by atoms with Gasteiger partial charge in [0.2, 0.25) is 0 Å². The maximum atomic E-state index is 12.3. The fraction of sp³-hybridized carbons (Fsp3) is 0.769. The number of aromatic nitrogens is 1. The van der Waals surface area contributed by atoms with Crippen LogP contribution in [0.25, 0.3) is 0 Å². The number of hydrogen-bond acceptors (Lipinski definition) is 4. The van der Waals surface area contributed by atoms with Crippen LogP contribution >= 0.6 is 11.3 Å². The van der Waals surface area contributed by atoms with Crippen LogP contribution in [0.15, 0.2) is 0 Å². The summed E-state index contributed by atoms with van der Waals surface area (Å²) >= 11 is 1.53. The molecule has 1 aromatic rings. The first kappa shape index (κ1) is 15.6. The summed E-state index contributed by atoms with van der Waals surface area (Å²) in [7, 11) is 1.68. The summed E-state index contributed by atoms with van der Waals surface area (Å²) in [6, 6.07) is 0.311. The second-order valence-corrected chi connectivity index (χ2v) is 6.11. The molecular weight excluding hydrogens is 287 g/mol. The zero-order chi connectivity index (χ0) is 14.8. The van der Waals surface area contributed by atoms with Crippen LogP contribution in [0.3, 0.4) is 0 Å². The smallest absolute Gasteiger partial charge is 0.351 e. The lowest BCUT2D eigenvalue weighted by molar-refractivity contribution is -0.132. The van der Waals surface area contributed by atoms with Crippen LogP contribution in [0, 0.1) is 0 Å². The quantitative estimate of drug-likeness (QED) is 0.902. The standard InChI is InChI=1S/C13H20F3N3S/c1-3-17-9-5-4-6-10-11(9)20-12(18-10)19(2)8-7-13(14,15)16/h9,17H,3-8H2,1-2H3. The third kappa shape index (κ3) is 3.85. The Morgan fingerprint density at radius 3 is 2.85 bits per heavy atom. The van der Waals surface area contributed by atoms with E-state index in [0.717, 1.165) is 31.5 Å². The summed E-state index contributed by atoms with van der Waals surface area (Å²) in [5.41, 5.74) is 1.06. The van der Waals surface area contributed by atoms with Gasteiger partial charge in [0, 0.05) is 24.5 Å². The Labute approximate surface area is 121 Å². The van der Waals surface area contributed by atoms with Crippen LogP contribution in [0.1, 0.15) is 42.8 Å². The highest BCUT2D eigenvalue weighted by atomic mass is 32.1. The molecule has 0 aromatic carbocycles. The van der Waals surface area contributed by atoms with Gasteiger partial charge in [-0.3, -0.25) is 0 Å². The summed E-state index contributed by atoms with van der Waals surface area (Å²) in [6.07, 6.45) is -1.82. The second-order valence-electron chi connectivity index (χ2n) is 5.10. The molecule has 2 rings (SSSR count). The van der Waals surface area contributed by atoms with Crippen molar-refractivity contribution in [1.29, 1.82) is 0 Å². The van der Waals surface area contributed by atoms with Gasteiger partial charge in [-0.05, 0) is 25.8 Å². The van der Waals surface area contributed by atoms with Gasteiger partial charge in [0.25, 0.3) is 0 Å². The van der Waals surface area contributed by atoms with Gasteiger partial charge >= 0.3 is 6.18 Å². The highest BCUT2D eigenvalue weighted by Gasteiger charge is 2.29. The lowest BCUT2D eigenvalue weighted by Gasteiger charge is -2.21. The number of thiazole rings is 1. The minimum atomic E-state index is -4.11. The number of anilines is 1. The van der Waals surface area contributed by atoms with Crippen LogP contribution in [-0.4, -0.2) is 31.3 Å². The summed E-state index contributed by atoms with van der Waals surface area (Å²) in [4.78, 5) is 7.33. The lowest BCUT2D eigenvalue weighted by atomic mass is 9.98. The van der Waals surface area contributed by atoms with E-state index in [9.17, 15) is 13.2 Å². The van der Waals surface area contributed by atoms with Crippen molar-refractivity contribution in [3.63, 3.8) is 0 Å². The van der Waals surface area contributed by atoms with E-state index >= 15 is 0 Å². The van der Waals surface area contributed by atoms with Gasteiger partial charge in [0.15, 0.2) is 5.13 Å². The molecule has 1 aromatic heterocycles. The maximum Gasteiger partial charge on any atom is 0.390 e. The van der Waals surface area contributed by atoms with E-state index in [2.05, 4.69) is 17.2 Å². The van der Waals surface area contributed by atoms with Crippen LogP contribution in [0.5, 0.6) is 0 Å². The van der Waals surface area contributed by atoms with E-state index in [1.54, 1.807) is 11.9 Å². The SMILES string of the molecule is CCNC1CCCc2nc(N(C)CCC(F)(F)F)sc21. The molecule has 0 saturated carbocycles. The molecule has 1 unspecified atom stereocenters. The molecule has 0 spiro atoms. The fourth-order valence-electron chi connectivity index (χ4n) is 2.40. The van der Waals surface area contributed by atoms with Gasteiger partial charge in [-0.1, -0.05) is 18.3 Å². The van der Waals surface area contributed by atoms with Crippen molar-refractivity contribution < 1.29 is 13.2 Å². The highest BCUT2D eigenvalue weighted by Crippen LogP contribution is 2.37. The molecule has 0 amide bonds. The molecule has 20 heavy (non-hydrogen) atoms. The van der Waals surface area contributed by atoms with Crippen molar-refractivity contribution >= 4 is 16.5 Å². The number of rotatable bonds is 5. The largest absolute Gasteiger partial charge is 0.390 e. The van der Waals surface area contributed by atoms with Gasteiger partial charge in [-0.2, -0.15) is 13.2 Å². The van der Waals surface area contributed by atoms with E-state index in [-0.39, 0.29) is 6.54 Å². The molecule has 3 nitrogen and oxygen atoms in total. The van der Waals surface area contributed by atoms with Crippen LogP contribution in [0.2, 0.25) is 0 Å². The number of aryl methyl sites for hydroxylation is 1. The molecular formula is C13H20F3N3S. The normalized spacial score (nSPS) is 18.9. The second kappa shape index (κ2) is 6.30. The average molecular weight is 307 g/mol. The van der Waals surface area contributed by atoms with Crippen molar-refractivity contribution in [2.45, 2.75) is 44.8 Å². The predicted octanol–water partition coefficient (Wildman–Crippen LogP) is 3.52. The Hall–Kier alpha value is -0.820. The van der Waals surface area contributed by atoms with Crippen LogP contribution < -0.4 is 10.2 Å². The number of nitrogens with one attached hydrogen (secondary N) is 1. The van der Waals surface area contributed by atoms with Crippen LogP contribution in [-0.2, 0) is 6.42 Å². The zero-order valence-electron chi connectivity index (χ0n) is 11.8. The van der Waals surface area contributed by atoms with E-state index in [1.807, 2.05) is 0 Å². The van der Waals surface area contributed by atoms with E-state index < -0.39 is 12.6 Å². The van der Waals surface area contributed by atoms with E-state index in [1.165, 1.54) is 16.2 Å². The molecule has 1 heterocycles. The third-order valence-corrected chi connectivity index (χ3v) is 4.77. The minimum Gasteiger partial charge on any atom is -0.351 e. The molecule has 0 saturated heterocycles. The summed E-state index contributed by atoms with van der Waals surface area (Å²) < 4.78 is 36.8. The summed E-state index contributed by atoms with van der Waals surface area (Å²) in [5.74, 6) is 0. The summed E-state index contributed by atoms with van der Waals surface area (Å²) in [5, 5.41) is 4.12. The lowest BCUT2D eigenvalue weighted by Crippen LogP contribution is -2.23. The average Bonchev–Trinajstić information content (AvgIpc) is 2.80. The molecule has 0 radical (unpaired) electrons. The van der Waals surface area contributed by atoms with Gasteiger partial charge in [-0.25, -0.2) is 4.98 Å². The molecule has 0 bridgehead atoms. The Morgan fingerprint density at radius 2 is 2.20 bits per heavy atom. The van der Waals surface area contributed by atoms with Crippen molar-refractivity contribution in [3.05, 3.63) is 10.6 Å². The van der Waals surface area contributed by atoms with Crippen molar-refractivity contribution in [1.82, 2.24) is 10.3 Å². The Balaban J connectivity index is 2.07. The minimum absolute atomic E-state index is 0.0399. The van der Waals surface area contributed by atoms with Crippen molar-refractivity contribution in [2.75, 3.05) is 25.0 Å². The monoisotopic (exact) mass is 307 g/mol. The van der Waals surface area contributed by atoms with Crippen molar-refractivity contribution in [2.24, 2.45) is 0 Å². The maximum absolute atomic E-state index is 12.3. The number of fused-ring (bicyclic) bond motifs is 1. The fourth-order valence-corrected chi connectivity index (χ4v) is 3.61. The Kier molecular flexibility index (Phi) is 4.90. The number of nitrogens with zero attached hydrogens (tertiary/aromatic N) is 2. The van der Waals surface area contributed by atoms with Crippen molar-refractivity contribution in [3.8, 4) is 0 Å². The molecule has 114 valence electrons. The Morgan fingerprint density at radius 1 is 1.45 bits per heavy atom. The van der Waals surface area contributed by atoms with E-state index in [0.29, 0.717) is 11.2 Å².